The van der Waals surface area contributed by atoms with Gasteiger partial charge in [-0.2, -0.15) is 4.98 Å². The number of hydrogen-bond acceptors (Lipinski definition) is 11. The summed E-state index contributed by atoms with van der Waals surface area (Å²) >= 11 is 3.14. The van der Waals surface area contributed by atoms with Crippen molar-refractivity contribution in [1.29, 1.82) is 0 Å². The van der Waals surface area contributed by atoms with Gasteiger partial charge in [0.05, 0.1) is 50.9 Å². The first-order chi connectivity index (χ1) is 16.4. The van der Waals surface area contributed by atoms with Gasteiger partial charge in [-0.1, -0.05) is 12.1 Å². The normalized spacial score (nSPS) is 22.4. The maximum absolute atomic E-state index is 10.6. The topological polar surface area (TPSA) is 136 Å². The number of fused-ring (bicyclic) bond motifs is 1. The van der Waals surface area contributed by atoms with Crippen LogP contribution in [0.25, 0.3) is 20.8 Å². The van der Waals surface area contributed by atoms with E-state index in [1.54, 1.807) is 22.7 Å². The molecule has 0 spiro atoms. The number of aromatic nitrogens is 4. The first kappa shape index (κ1) is 23.1. The Hall–Kier alpha value is -2.70. The lowest BCUT2D eigenvalue weighted by atomic mass is 10.1. The third-order valence-electron chi connectivity index (χ3n) is 6.05. The van der Waals surface area contributed by atoms with Crippen LogP contribution in [0.3, 0.4) is 0 Å². The molecule has 3 aromatic heterocycles. The Labute approximate surface area is 204 Å². The van der Waals surface area contributed by atoms with E-state index in [1.807, 2.05) is 43.5 Å². The van der Waals surface area contributed by atoms with Gasteiger partial charge in [-0.25, -0.2) is 15.0 Å². The second-order valence-corrected chi connectivity index (χ2v) is 10.6. The summed E-state index contributed by atoms with van der Waals surface area (Å²) in [6.07, 6.45) is -1.60. The molecule has 34 heavy (non-hydrogen) atoms. The Kier molecular flexibility index (Phi) is 6.45. The molecule has 0 radical (unpaired) electrons. The van der Waals surface area contributed by atoms with Crippen LogP contribution in [-0.4, -0.2) is 60.1 Å². The molecule has 11 heteroatoms. The van der Waals surface area contributed by atoms with Crippen LogP contribution in [-0.2, 0) is 6.54 Å². The summed E-state index contributed by atoms with van der Waals surface area (Å²) in [7, 11) is 0. The minimum absolute atomic E-state index is 0.191. The van der Waals surface area contributed by atoms with E-state index in [0.29, 0.717) is 24.7 Å². The first-order valence-electron chi connectivity index (χ1n) is 11.1. The van der Waals surface area contributed by atoms with E-state index in [4.69, 9.17) is 9.97 Å². The van der Waals surface area contributed by atoms with Crippen molar-refractivity contribution in [2.45, 2.75) is 45.1 Å². The van der Waals surface area contributed by atoms with Gasteiger partial charge in [-0.05, 0) is 32.4 Å². The summed E-state index contributed by atoms with van der Waals surface area (Å²) in [6, 6.07) is 7.45. The van der Waals surface area contributed by atoms with E-state index in [-0.39, 0.29) is 6.61 Å². The molecule has 0 bridgehead atoms. The highest BCUT2D eigenvalue weighted by atomic mass is 32.1. The molecule has 5 rings (SSSR count). The Morgan fingerprint density at radius 1 is 1.06 bits per heavy atom. The molecule has 4 atom stereocenters. The highest BCUT2D eigenvalue weighted by Gasteiger charge is 2.41. The average Bonchev–Trinajstić information content (AvgIpc) is 3.51. The number of anilines is 2. The third-order valence-corrected chi connectivity index (χ3v) is 7.93. The van der Waals surface area contributed by atoms with E-state index < -0.39 is 24.2 Å². The van der Waals surface area contributed by atoms with Crippen molar-refractivity contribution in [3.63, 3.8) is 0 Å². The smallest absolute Gasteiger partial charge is 0.225 e. The Bertz CT molecular complexity index is 1280. The molecule has 0 aliphatic heterocycles. The number of nitrogens with zero attached hydrogens (tertiary/aromatic N) is 4. The van der Waals surface area contributed by atoms with E-state index >= 15 is 0 Å². The van der Waals surface area contributed by atoms with Gasteiger partial charge in [0, 0.05) is 17.9 Å². The zero-order valence-corrected chi connectivity index (χ0v) is 20.4. The maximum atomic E-state index is 10.6. The van der Waals surface area contributed by atoms with Gasteiger partial charge in [0.15, 0.2) is 0 Å². The van der Waals surface area contributed by atoms with Gasteiger partial charge in [0.25, 0.3) is 0 Å². The maximum Gasteiger partial charge on any atom is 0.225 e. The SMILES string of the molecule is Cc1nc(CNc2nc(C)c(-c3nc4ccccc4s3)c(N[C@@H]3C[C@H](CO)[C@@H](O)[C@H]3O)n2)cs1. The average molecular weight is 499 g/mol. The van der Waals surface area contributed by atoms with Gasteiger partial charge >= 0.3 is 0 Å². The molecule has 5 N–H and O–H groups in total. The van der Waals surface area contributed by atoms with Gasteiger partial charge < -0.3 is 26.0 Å². The minimum atomic E-state index is -1.02. The van der Waals surface area contributed by atoms with Crippen LogP contribution in [0.4, 0.5) is 11.8 Å². The number of nitrogens with one attached hydrogen (secondary N) is 2. The Morgan fingerprint density at radius 2 is 1.88 bits per heavy atom. The molecule has 0 saturated heterocycles. The zero-order chi connectivity index (χ0) is 23.8. The van der Waals surface area contributed by atoms with Crippen molar-refractivity contribution in [1.82, 2.24) is 19.9 Å². The van der Waals surface area contributed by atoms with E-state index in [2.05, 4.69) is 20.6 Å². The van der Waals surface area contributed by atoms with E-state index in [9.17, 15) is 15.3 Å². The van der Waals surface area contributed by atoms with Crippen molar-refractivity contribution >= 4 is 44.7 Å². The fourth-order valence-corrected chi connectivity index (χ4v) is 5.95. The summed E-state index contributed by atoms with van der Waals surface area (Å²) < 4.78 is 1.06. The molecule has 0 amide bonds. The van der Waals surface area contributed by atoms with Gasteiger partial charge in [-0.15, -0.1) is 22.7 Å². The predicted octanol–water partition coefficient (Wildman–Crippen LogP) is 2.95. The summed E-state index contributed by atoms with van der Waals surface area (Å²) in [5.74, 6) is 0.562. The van der Waals surface area contributed by atoms with Crippen molar-refractivity contribution in [2.75, 3.05) is 17.2 Å². The van der Waals surface area contributed by atoms with Crippen molar-refractivity contribution < 1.29 is 15.3 Å². The fourth-order valence-electron chi connectivity index (χ4n) is 4.27. The number of benzene rings is 1. The van der Waals surface area contributed by atoms with Crippen molar-refractivity contribution in [3.05, 3.63) is 46.0 Å². The van der Waals surface area contributed by atoms with Crippen LogP contribution in [0.1, 0.15) is 22.8 Å². The lowest BCUT2D eigenvalue weighted by Gasteiger charge is -2.21. The molecule has 1 saturated carbocycles. The second kappa shape index (κ2) is 9.51. The lowest BCUT2D eigenvalue weighted by molar-refractivity contribution is 0.00446. The van der Waals surface area contributed by atoms with E-state index in [1.165, 1.54) is 0 Å². The molecule has 1 fully saturated rings. The quantitative estimate of drug-likeness (QED) is 0.260. The molecular weight excluding hydrogens is 472 g/mol. The van der Waals surface area contributed by atoms with Crippen LogP contribution < -0.4 is 10.6 Å². The van der Waals surface area contributed by atoms with Crippen LogP contribution in [0.15, 0.2) is 29.6 Å². The molecule has 3 heterocycles. The Morgan fingerprint density at radius 3 is 2.59 bits per heavy atom. The van der Waals surface area contributed by atoms with Crippen LogP contribution >= 0.6 is 22.7 Å². The predicted molar refractivity (Wildman–Crippen MR) is 134 cm³/mol. The van der Waals surface area contributed by atoms with Gasteiger partial charge in [0.2, 0.25) is 5.95 Å². The van der Waals surface area contributed by atoms with Crippen LogP contribution in [0, 0.1) is 19.8 Å². The number of aliphatic hydroxyl groups excluding tert-OH is 3. The van der Waals surface area contributed by atoms with Gasteiger partial charge in [0.1, 0.15) is 16.9 Å². The number of aryl methyl sites for hydroxylation is 2. The Balaban J connectivity index is 1.51. The number of hydrogen-bond donors (Lipinski definition) is 5. The van der Waals surface area contributed by atoms with Gasteiger partial charge in [-0.3, -0.25) is 0 Å². The molecular formula is C23H26N6O3S2. The molecule has 178 valence electrons. The van der Waals surface area contributed by atoms with Crippen molar-refractivity contribution in [2.24, 2.45) is 5.92 Å². The molecule has 9 nitrogen and oxygen atoms in total. The second-order valence-electron chi connectivity index (χ2n) is 8.46. The number of para-hydroxylation sites is 1. The molecule has 1 aliphatic carbocycles. The van der Waals surface area contributed by atoms with Crippen LogP contribution in [0.2, 0.25) is 0 Å². The number of rotatable bonds is 7. The summed E-state index contributed by atoms with van der Waals surface area (Å²) in [5.41, 5.74) is 3.30. The first-order valence-corrected chi connectivity index (χ1v) is 12.8. The van der Waals surface area contributed by atoms with Crippen molar-refractivity contribution in [3.8, 4) is 10.6 Å². The zero-order valence-electron chi connectivity index (χ0n) is 18.8. The molecule has 4 aromatic rings. The fraction of sp³-hybridized carbons (Fsp3) is 0.391. The molecule has 1 aromatic carbocycles. The minimum Gasteiger partial charge on any atom is -0.396 e. The highest BCUT2D eigenvalue weighted by Crippen LogP contribution is 2.38. The summed E-state index contributed by atoms with van der Waals surface area (Å²) in [5, 5.41) is 40.8. The third kappa shape index (κ3) is 4.49. The van der Waals surface area contributed by atoms with Crippen LogP contribution in [0.5, 0.6) is 0 Å². The monoisotopic (exact) mass is 498 g/mol. The summed E-state index contributed by atoms with van der Waals surface area (Å²) in [6.45, 7) is 4.17. The summed E-state index contributed by atoms with van der Waals surface area (Å²) in [4.78, 5) is 18.7. The number of thiazole rings is 2. The van der Waals surface area contributed by atoms with E-state index in [0.717, 1.165) is 37.2 Å². The molecule has 0 unspecified atom stereocenters. The molecule has 1 aliphatic rings. The largest absolute Gasteiger partial charge is 0.396 e. The number of aliphatic hydroxyl groups is 3. The lowest BCUT2D eigenvalue weighted by Crippen LogP contribution is -2.35. The standard InChI is InChI=1S/C23H26N6O3S2/c1-11-18(22-28-15-5-3-4-6-17(15)34-22)21(27-16-7-13(9-30)19(31)20(16)32)29-23(25-11)24-8-14-10-33-12(2)26-14/h3-6,10,13,16,19-20,30-32H,7-9H2,1-2H3,(H2,24,25,27,29)/t13-,16-,19-,20+/m1/s1. The highest BCUT2D eigenvalue weighted by molar-refractivity contribution is 7.21.